The molecule has 2 rings (SSSR count). The van der Waals surface area contributed by atoms with Gasteiger partial charge in [-0.1, -0.05) is 15.9 Å². The maximum Gasteiger partial charge on any atom is 0.265 e. The van der Waals surface area contributed by atoms with Crippen LogP contribution in [0.5, 0.6) is 11.5 Å². The lowest BCUT2D eigenvalue weighted by Crippen LogP contribution is -2.52. The minimum atomic E-state index is -0.438. The fourth-order valence-corrected chi connectivity index (χ4v) is 2.93. The van der Waals surface area contributed by atoms with Gasteiger partial charge in [0.1, 0.15) is 5.57 Å². The second kappa shape index (κ2) is 7.97. The van der Waals surface area contributed by atoms with Crippen LogP contribution >= 0.6 is 28.1 Å². The summed E-state index contributed by atoms with van der Waals surface area (Å²) in [6, 6.07) is 3.50. The van der Waals surface area contributed by atoms with Crippen molar-refractivity contribution in [1.29, 1.82) is 0 Å². The average Bonchev–Trinajstić information content (AvgIpc) is 2.59. The number of rotatable bonds is 5. The highest BCUT2D eigenvalue weighted by Crippen LogP contribution is 2.35. The van der Waals surface area contributed by atoms with Crippen LogP contribution in [0.15, 0.2) is 22.2 Å². The number of benzene rings is 1. The first-order chi connectivity index (χ1) is 11.8. The Hall–Kier alpha value is -1.93. The number of hydrogen-bond donors (Lipinski definition) is 0. The van der Waals surface area contributed by atoms with E-state index in [4.69, 9.17) is 21.7 Å². The van der Waals surface area contributed by atoms with Crippen molar-refractivity contribution in [1.82, 2.24) is 9.80 Å². The van der Waals surface area contributed by atoms with Gasteiger partial charge in [-0.05, 0) is 49.8 Å². The molecule has 1 heterocycles. The molecule has 1 saturated heterocycles. The predicted octanol–water partition coefficient (Wildman–Crippen LogP) is 2.85. The summed E-state index contributed by atoms with van der Waals surface area (Å²) in [5.74, 6) is 0.265. The lowest BCUT2D eigenvalue weighted by molar-refractivity contribution is -0.132. The Balaban J connectivity index is 2.52. The van der Waals surface area contributed by atoms with Crippen LogP contribution in [-0.2, 0) is 9.59 Å². The number of amides is 2. The Morgan fingerprint density at radius 1 is 1.04 bits per heavy atom. The van der Waals surface area contributed by atoms with Crippen molar-refractivity contribution in [3.05, 3.63) is 27.7 Å². The molecule has 0 saturated carbocycles. The number of hydrogen-bond acceptors (Lipinski definition) is 5. The van der Waals surface area contributed by atoms with Crippen molar-refractivity contribution in [2.75, 3.05) is 27.3 Å². The zero-order valence-electron chi connectivity index (χ0n) is 14.5. The molecular weight excluding hydrogens is 408 g/mol. The van der Waals surface area contributed by atoms with Crippen LogP contribution in [0.3, 0.4) is 0 Å². The smallest absolute Gasteiger partial charge is 0.265 e. The number of ether oxygens (including phenoxy) is 2. The Kier molecular flexibility index (Phi) is 6.18. The Morgan fingerprint density at radius 2 is 1.52 bits per heavy atom. The first kappa shape index (κ1) is 19.4. The summed E-state index contributed by atoms with van der Waals surface area (Å²) in [6.45, 7) is 4.72. The Morgan fingerprint density at radius 3 is 2.00 bits per heavy atom. The highest BCUT2D eigenvalue weighted by Gasteiger charge is 2.35. The standard InChI is InChI=1S/C17H19BrN2O4S/c1-5-23-13-8-10(12(18)9-14(13)24-6-2)7-11-15(21)19(3)17(25)20(4)16(11)22/h7-9H,5-6H2,1-4H3. The molecule has 6 nitrogen and oxygen atoms in total. The van der Waals surface area contributed by atoms with Crippen molar-refractivity contribution in [2.45, 2.75) is 13.8 Å². The van der Waals surface area contributed by atoms with E-state index in [0.717, 1.165) is 0 Å². The maximum atomic E-state index is 12.4. The van der Waals surface area contributed by atoms with Crippen LogP contribution < -0.4 is 9.47 Å². The molecule has 0 radical (unpaired) electrons. The van der Waals surface area contributed by atoms with Gasteiger partial charge >= 0.3 is 0 Å². The van der Waals surface area contributed by atoms with E-state index in [2.05, 4.69) is 15.9 Å². The van der Waals surface area contributed by atoms with E-state index < -0.39 is 11.8 Å². The van der Waals surface area contributed by atoms with Crippen molar-refractivity contribution in [2.24, 2.45) is 0 Å². The Bertz CT molecular complexity index is 737. The molecular formula is C17H19BrN2O4S. The van der Waals surface area contributed by atoms with Gasteiger partial charge in [-0.2, -0.15) is 0 Å². The zero-order chi connectivity index (χ0) is 18.7. The van der Waals surface area contributed by atoms with E-state index in [-0.39, 0.29) is 10.7 Å². The van der Waals surface area contributed by atoms with Gasteiger partial charge in [0, 0.05) is 18.6 Å². The van der Waals surface area contributed by atoms with Crippen molar-refractivity contribution in [3.63, 3.8) is 0 Å². The van der Waals surface area contributed by atoms with Crippen LogP contribution in [-0.4, -0.2) is 54.0 Å². The topological polar surface area (TPSA) is 59.1 Å². The number of likely N-dealkylation sites (N-methyl/N-ethyl adjacent to an activating group) is 2. The summed E-state index contributed by atoms with van der Waals surface area (Å²) in [5.41, 5.74) is 0.670. The third-order valence-electron chi connectivity index (χ3n) is 3.61. The molecule has 0 aliphatic carbocycles. The number of carbonyl (C=O) groups is 2. The lowest BCUT2D eigenvalue weighted by atomic mass is 10.1. The zero-order valence-corrected chi connectivity index (χ0v) is 16.9. The highest BCUT2D eigenvalue weighted by atomic mass is 79.9. The summed E-state index contributed by atoms with van der Waals surface area (Å²) < 4.78 is 11.8. The number of carbonyl (C=O) groups excluding carboxylic acids is 2. The van der Waals surface area contributed by atoms with Crippen molar-refractivity contribution >= 4 is 51.2 Å². The third-order valence-corrected chi connectivity index (χ3v) is 4.84. The van der Waals surface area contributed by atoms with E-state index in [1.165, 1.54) is 15.9 Å². The normalized spacial score (nSPS) is 14.9. The molecule has 1 aliphatic rings. The molecule has 1 aromatic carbocycles. The summed E-state index contributed by atoms with van der Waals surface area (Å²) in [7, 11) is 3.08. The molecule has 0 N–H and O–H groups in total. The molecule has 0 aromatic heterocycles. The third kappa shape index (κ3) is 3.85. The van der Waals surface area contributed by atoms with E-state index >= 15 is 0 Å². The molecule has 2 amide bonds. The van der Waals surface area contributed by atoms with Gasteiger partial charge in [-0.25, -0.2) is 0 Å². The molecule has 0 unspecified atom stereocenters. The average molecular weight is 427 g/mol. The van der Waals surface area contributed by atoms with Gasteiger partial charge < -0.3 is 9.47 Å². The number of thiocarbonyl (C=S) groups is 1. The maximum absolute atomic E-state index is 12.4. The first-order valence-electron chi connectivity index (χ1n) is 7.72. The van der Waals surface area contributed by atoms with E-state index in [0.29, 0.717) is 34.7 Å². The summed E-state index contributed by atoms with van der Waals surface area (Å²) in [4.78, 5) is 27.4. The molecule has 1 fully saturated rings. The highest BCUT2D eigenvalue weighted by molar-refractivity contribution is 9.10. The van der Waals surface area contributed by atoms with Crippen LogP contribution in [0.1, 0.15) is 19.4 Å². The van der Waals surface area contributed by atoms with Crippen molar-refractivity contribution < 1.29 is 19.1 Å². The van der Waals surface area contributed by atoms with E-state index in [9.17, 15) is 9.59 Å². The minimum Gasteiger partial charge on any atom is -0.490 e. The summed E-state index contributed by atoms with van der Waals surface area (Å²) >= 11 is 8.54. The molecule has 1 aliphatic heterocycles. The molecule has 0 bridgehead atoms. The van der Waals surface area contributed by atoms with Crippen molar-refractivity contribution in [3.8, 4) is 11.5 Å². The van der Waals surface area contributed by atoms with Gasteiger partial charge in [0.15, 0.2) is 16.6 Å². The number of halogens is 1. The molecule has 8 heteroatoms. The second-order valence-electron chi connectivity index (χ2n) is 5.26. The fourth-order valence-electron chi connectivity index (χ4n) is 2.33. The van der Waals surface area contributed by atoms with Crippen LogP contribution in [0, 0.1) is 0 Å². The monoisotopic (exact) mass is 426 g/mol. The SMILES string of the molecule is CCOc1cc(Br)c(C=C2C(=O)N(C)C(=S)N(C)C2=O)cc1OCC. The molecule has 134 valence electrons. The van der Waals surface area contributed by atoms with Crippen LogP contribution in [0.2, 0.25) is 0 Å². The molecule has 0 spiro atoms. The summed E-state index contributed by atoms with van der Waals surface area (Å²) in [5, 5.41) is 0.174. The second-order valence-corrected chi connectivity index (χ2v) is 6.47. The van der Waals surface area contributed by atoms with Gasteiger partial charge in [-0.3, -0.25) is 19.4 Å². The van der Waals surface area contributed by atoms with Gasteiger partial charge in [0.2, 0.25) is 0 Å². The molecule has 0 atom stereocenters. The lowest BCUT2D eigenvalue weighted by Gasteiger charge is -2.31. The Labute approximate surface area is 160 Å². The largest absolute Gasteiger partial charge is 0.490 e. The van der Waals surface area contributed by atoms with Gasteiger partial charge in [0.05, 0.1) is 13.2 Å². The van der Waals surface area contributed by atoms with E-state index in [1.807, 2.05) is 13.8 Å². The fraction of sp³-hybridized carbons (Fsp3) is 0.353. The quantitative estimate of drug-likeness (QED) is 0.411. The van der Waals surface area contributed by atoms with E-state index in [1.54, 1.807) is 26.2 Å². The van der Waals surface area contributed by atoms with Gasteiger partial charge in [0.25, 0.3) is 11.8 Å². The van der Waals surface area contributed by atoms with Crippen LogP contribution in [0.25, 0.3) is 6.08 Å². The molecule has 1 aromatic rings. The minimum absolute atomic E-state index is 0.0332. The summed E-state index contributed by atoms with van der Waals surface area (Å²) in [6.07, 6.45) is 1.53. The van der Waals surface area contributed by atoms with Crippen LogP contribution in [0.4, 0.5) is 0 Å². The first-order valence-corrected chi connectivity index (χ1v) is 8.92. The van der Waals surface area contributed by atoms with Gasteiger partial charge in [-0.15, -0.1) is 0 Å². The predicted molar refractivity (Wildman–Crippen MR) is 103 cm³/mol. The number of nitrogens with zero attached hydrogens (tertiary/aromatic N) is 2. The molecule has 25 heavy (non-hydrogen) atoms.